The summed E-state index contributed by atoms with van der Waals surface area (Å²) in [7, 11) is -1.79. The summed E-state index contributed by atoms with van der Waals surface area (Å²) in [5.41, 5.74) is 1.84. The molecule has 0 aliphatic heterocycles. The Morgan fingerprint density at radius 2 is 1.47 bits per heavy atom. The van der Waals surface area contributed by atoms with Crippen molar-refractivity contribution >= 4 is 31.4 Å². The third-order valence-corrected chi connectivity index (χ3v) is 9.68. The van der Waals surface area contributed by atoms with Crippen LogP contribution in [0.5, 0.6) is 5.75 Å². The van der Waals surface area contributed by atoms with E-state index in [0.717, 1.165) is 5.75 Å². The molecule has 104 valence electrons. The predicted molar refractivity (Wildman–Crippen MR) is 82.7 cm³/mol. The minimum atomic E-state index is -1.79. The second-order valence-electron chi connectivity index (χ2n) is 5.66. The number of benzene rings is 1. The summed E-state index contributed by atoms with van der Waals surface area (Å²) < 4.78 is 6.49. The molecule has 0 unspecified atom stereocenters. The van der Waals surface area contributed by atoms with Crippen LogP contribution in [0, 0.1) is 6.07 Å². The first-order valence-electron chi connectivity index (χ1n) is 6.56. The molecular weight excluding hydrogens is 284 g/mol. The van der Waals surface area contributed by atoms with Gasteiger partial charge in [-0.3, -0.25) is 0 Å². The van der Waals surface area contributed by atoms with Crippen LogP contribution in [-0.2, 0) is 0 Å². The molecule has 0 aliphatic carbocycles. The van der Waals surface area contributed by atoms with Gasteiger partial charge in [-0.05, 0) is 22.4 Å². The molecule has 1 nitrogen and oxygen atoms in total. The Morgan fingerprint density at radius 1 is 1.00 bits per heavy atom. The van der Waals surface area contributed by atoms with Crippen LogP contribution in [0.2, 0.25) is 16.6 Å². The molecule has 0 radical (unpaired) electrons. The molecule has 0 heterocycles. The van der Waals surface area contributed by atoms with E-state index in [1.54, 1.807) is 0 Å². The van der Waals surface area contributed by atoms with Gasteiger partial charge in [0.25, 0.3) is 0 Å². The predicted octanol–water partition coefficient (Wildman–Crippen LogP) is 1.66. The fourth-order valence-corrected chi connectivity index (χ4v) is 8.24. The maximum atomic E-state index is 6.49. The normalized spacial score (nSPS) is 11.2. The maximum absolute atomic E-state index is 6.49. The molecule has 0 atom stereocenters. The monoisotopic (exact) mass is 308 g/mol. The van der Waals surface area contributed by atoms with Gasteiger partial charge in [0.05, 0.1) is 0 Å². The van der Waals surface area contributed by atoms with Crippen molar-refractivity contribution in [2.75, 3.05) is 0 Å². The zero-order chi connectivity index (χ0) is 13.1. The summed E-state index contributed by atoms with van der Waals surface area (Å²) in [6.07, 6.45) is 0. The van der Waals surface area contributed by atoms with Crippen LogP contribution in [-0.4, -0.2) is 31.4 Å². The number of halogens is 1. The summed E-state index contributed by atoms with van der Waals surface area (Å²) in [5.74, 6) is 0.982. The Labute approximate surface area is 142 Å². The number of rotatable bonds is 5. The number of hydrogen-bond donors (Lipinski definition) is 0. The average Bonchev–Trinajstić information content (AvgIpc) is 2.25. The summed E-state index contributed by atoms with van der Waals surface area (Å²) in [6, 6.07) is 11.0. The fraction of sp³-hybridized carbons (Fsp3) is 0.600. The van der Waals surface area contributed by atoms with E-state index < -0.39 is 8.32 Å². The maximum Gasteiger partial charge on any atom is 2.00 e. The summed E-state index contributed by atoms with van der Waals surface area (Å²) in [4.78, 5) is 0. The van der Waals surface area contributed by atoms with E-state index in [9.17, 15) is 0 Å². The molecule has 0 saturated carbocycles. The molecule has 0 spiro atoms. The first-order valence-corrected chi connectivity index (χ1v) is 8.70. The molecular formula is C15H25ClMgOSi. The zero-order valence-corrected chi connectivity index (χ0v) is 16.2. The van der Waals surface area contributed by atoms with Gasteiger partial charge in [0, 0.05) is 0 Å². The van der Waals surface area contributed by atoms with Crippen molar-refractivity contribution in [3.05, 3.63) is 30.3 Å². The molecule has 1 aromatic rings. The molecule has 1 aromatic carbocycles. The quantitative estimate of drug-likeness (QED) is 0.594. The van der Waals surface area contributed by atoms with Crippen LogP contribution in [0.1, 0.15) is 41.5 Å². The topological polar surface area (TPSA) is 9.23 Å². The van der Waals surface area contributed by atoms with E-state index in [0.29, 0.717) is 16.6 Å². The number of hydrogen-bond acceptors (Lipinski definition) is 1. The van der Waals surface area contributed by atoms with Crippen LogP contribution < -0.4 is 16.8 Å². The van der Waals surface area contributed by atoms with Crippen LogP contribution in [0.25, 0.3) is 0 Å². The smallest absolute Gasteiger partial charge is 1.00 e. The Balaban J connectivity index is 0. The third-order valence-electron chi connectivity index (χ3n) is 3.68. The molecule has 1 rings (SSSR count). The van der Waals surface area contributed by atoms with E-state index in [1.165, 1.54) is 0 Å². The first-order chi connectivity index (χ1) is 7.91. The molecule has 0 aliphatic rings. The summed E-state index contributed by atoms with van der Waals surface area (Å²) in [5, 5.41) is 0. The van der Waals surface area contributed by atoms with Crippen LogP contribution in [0.4, 0.5) is 0 Å². The molecule has 0 saturated heterocycles. The minimum absolute atomic E-state index is 0. The van der Waals surface area contributed by atoms with Crippen LogP contribution in [0.15, 0.2) is 24.3 Å². The molecule has 0 amide bonds. The van der Waals surface area contributed by atoms with E-state index in [4.69, 9.17) is 4.43 Å². The van der Waals surface area contributed by atoms with E-state index >= 15 is 0 Å². The second kappa shape index (κ2) is 9.27. The molecule has 19 heavy (non-hydrogen) atoms. The first kappa shape index (κ1) is 21.6. The van der Waals surface area contributed by atoms with Crippen molar-refractivity contribution < 1.29 is 16.8 Å². The van der Waals surface area contributed by atoms with Gasteiger partial charge >= 0.3 is 23.1 Å². The zero-order valence-electron chi connectivity index (χ0n) is 13.0. The van der Waals surface area contributed by atoms with E-state index in [1.807, 2.05) is 24.3 Å². The van der Waals surface area contributed by atoms with Gasteiger partial charge in [0.1, 0.15) is 0 Å². The van der Waals surface area contributed by atoms with Crippen molar-refractivity contribution in [1.29, 1.82) is 0 Å². The van der Waals surface area contributed by atoms with Crippen molar-refractivity contribution in [2.45, 2.75) is 58.2 Å². The van der Waals surface area contributed by atoms with Gasteiger partial charge in [-0.25, -0.2) is 0 Å². The molecule has 0 fully saturated rings. The van der Waals surface area contributed by atoms with Gasteiger partial charge in [0.2, 0.25) is 8.32 Å². The van der Waals surface area contributed by atoms with Crippen molar-refractivity contribution in [1.82, 2.24) is 0 Å². The Morgan fingerprint density at radius 3 is 1.79 bits per heavy atom. The van der Waals surface area contributed by atoms with Crippen molar-refractivity contribution in [3.8, 4) is 5.75 Å². The molecule has 4 heteroatoms. The Hall–Kier alpha value is 0.293. The van der Waals surface area contributed by atoms with Crippen LogP contribution in [0.3, 0.4) is 0 Å². The van der Waals surface area contributed by atoms with Gasteiger partial charge < -0.3 is 16.8 Å². The standard InChI is InChI=1S/C15H25OSi.ClH.Mg/c1-12(2)17(13(3)4,14(5)6)16-15-10-8-7-9-11-15;;/h7-8,10-14H,1-6H3;1H;/q-1;;+2/p-1. The van der Waals surface area contributed by atoms with Gasteiger partial charge in [0.15, 0.2) is 0 Å². The van der Waals surface area contributed by atoms with Crippen molar-refractivity contribution in [3.63, 3.8) is 0 Å². The Kier molecular flexibility index (Phi) is 10.5. The minimum Gasteiger partial charge on any atom is -1.00 e. The summed E-state index contributed by atoms with van der Waals surface area (Å²) in [6.45, 7) is 13.8. The van der Waals surface area contributed by atoms with Gasteiger partial charge in [-0.15, -0.1) is 12.1 Å². The molecule has 0 bridgehead atoms. The van der Waals surface area contributed by atoms with Crippen LogP contribution >= 0.6 is 0 Å². The SMILES string of the molecule is CC(C)[Si](Oc1c[c-]ccc1)(C(C)C)C(C)C.[Cl-].[Mg+2]. The average molecular weight is 309 g/mol. The van der Waals surface area contributed by atoms with E-state index in [-0.39, 0.29) is 35.5 Å². The second-order valence-corrected chi connectivity index (χ2v) is 11.0. The fourth-order valence-electron chi connectivity index (χ4n) is 3.00. The molecule has 0 N–H and O–H groups in total. The summed E-state index contributed by atoms with van der Waals surface area (Å²) >= 11 is 0. The van der Waals surface area contributed by atoms with Gasteiger partial charge in [-0.1, -0.05) is 41.5 Å². The van der Waals surface area contributed by atoms with Crippen molar-refractivity contribution in [2.24, 2.45) is 0 Å². The largest absolute Gasteiger partial charge is 2.00 e. The van der Waals surface area contributed by atoms with E-state index in [2.05, 4.69) is 47.6 Å². The molecule has 0 aromatic heterocycles. The third kappa shape index (κ3) is 4.96. The Bertz CT molecular complexity index is 319. The van der Waals surface area contributed by atoms with Gasteiger partial charge in [-0.2, -0.15) is 18.2 Å².